The van der Waals surface area contributed by atoms with Gasteiger partial charge in [0.05, 0.1) is 12.4 Å². The van der Waals surface area contributed by atoms with Gasteiger partial charge in [-0.2, -0.15) is 0 Å². The van der Waals surface area contributed by atoms with Gasteiger partial charge < -0.3 is 0 Å². The minimum atomic E-state index is 0.976. The van der Waals surface area contributed by atoms with Gasteiger partial charge in [0.1, 0.15) is 11.2 Å². The predicted molar refractivity (Wildman–Crippen MR) is 63.0 cm³/mol. The predicted octanol–water partition coefficient (Wildman–Crippen LogP) is 1.92. The number of aromatic nitrogens is 3. The number of pyridine rings is 1. The Bertz CT molecular complexity index is 689. The largest absolute Gasteiger partial charge is 0.286 e. The van der Waals surface area contributed by atoms with Crippen molar-refractivity contribution < 1.29 is 4.57 Å². The van der Waals surface area contributed by atoms with Gasteiger partial charge >= 0.3 is 0 Å². The van der Waals surface area contributed by atoms with Gasteiger partial charge in [-0.05, 0) is 24.0 Å². The average molecular weight is 210 g/mol. The first-order valence-electron chi connectivity index (χ1n) is 5.26. The van der Waals surface area contributed by atoms with E-state index >= 15 is 0 Å². The van der Waals surface area contributed by atoms with Crippen LogP contribution in [0, 0.1) is 6.92 Å². The van der Waals surface area contributed by atoms with Crippen molar-refractivity contribution in [3.63, 3.8) is 0 Å². The molecule has 0 aliphatic carbocycles. The highest BCUT2D eigenvalue weighted by Gasteiger charge is 2.11. The third kappa shape index (κ3) is 1.18. The lowest BCUT2D eigenvalue weighted by atomic mass is 10.1. The molecule has 0 fully saturated rings. The summed E-state index contributed by atoms with van der Waals surface area (Å²) >= 11 is 0. The smallest absolute Gasteiger partial charge is 0.252 e. The summed E-state index contributed by atoms with van der Waals surface area (Å²) in [6, 6.07) is 8.22. The van der Waals surface area contributed by atoms with E-state index in [0.29, 0.717) is 0 Å². The summed E-state index contributed by atoms with van der Waals surface area (Å²) in [4.78, 5) is 8.88. The van der Waals surface area contributed by atoms with Crippen molar-refractivity contribution in [2.24, 2.45) is 7.05 Å². The third-order valence-corrected chi connectivity index (χ3v) is 3.03. The van der Waals surface area contributed by atoms with Crippen molar-refractivity contribution in [1.29, 1.82) is 0 Å². The molecule has 0 radical (unpaired) electrons. The number of fused-ring (bicyclic) bond motifs is 3. The molecule has 2 heterocycles. The van der Waals surface area contributed by atoms with Crippen LogP contribution in [-0.4, -0.2) is 9.97 Å². The fourth-order valence-electron chi connectivity index (χ4n) is 1.97. The summed E-state index contributed by atoms with van der Waals surface area (Å²) in [6.07, 6.45) is 3.65. The average Bonchev–Trinajstić information content (AvgIpc) is 2.33. The van der Waals surface area contributed by atoms with E-state index in [1.54, 1.807) is 0 Å². The van der Waals surface area contributed by atoms with E-state index in [1.165, 1.54) is 5.69 Å². The van der Waals surface area contributed by atoms with Crippen LogP contribution in [0.1, 0.15) is 5.69 Å². The molecular formula is C13H12N3+. The fraction of sp³-hybridized carbons (Fsp3) is 0.154. The Labute approximate surface area is 93.4 Å². The van der Waals surface area contributed by atoms with Crippen LogP contribution in [0.15, 0.2) is 36.8 Å². The van der Waals surface area contributed by atoms with E-state index in [0.717, 1.165) is 21.8 Å². The number of aryl methyl sites for hydroxylation is 2. The van der Waals surface area contributed by atoms with Crippen LogP contribution in [0.3, 0.4) is 0 Å². The molecule has 0 amide bonds. The van der Waals surface area contributed by atoms with Gasteiger partial charge in [0.2, 0.25) is 5.52 Å². The topological polar surface area (TPSA) is 29.7 Å². The van der Waals surface area contributed by atoms with Crippen LogP contribution in [0.4, 0.5) is 0 Å². The Balaban J connectivity index is 2.58. The van der Waals surface area contributed by atoms with Crippen LogP contribution in [-0.2, 0) is 7.05 Å². The number of hydrogen-bond donors (Lipinski definition) is 0. The maximum Gasteiger partial charge on any atom is 0.286 e. The Kier molecular flexibility index (Phi) is 1.86. The molecule has 0 bridgehead atoms. The zero-order valence-electron chi connectivity index (χ0n) is 9.31. The van der Waals surface area contributed by atoms with Gasteiger partial charge in [0, 0.05) is 11.6 Å². The van der Waals surface area contributed by atoms with Crippen LogP contribution in [0.25, 0.3) is 21.8 Å². The van der Waals surface area contributed by atoms with E-state index in [9.17, 15) is 0 Å². The number of hydrogen-bond acceptors (Lipinski definition) is 2. The van der Waals surface area contributed by atoms with Gasteiger partial charge in [0.15, 0.2) is 0 Å². The van der Waals surface area contributed by atoms with Crippen molar-refractivity contribution in [1.82, 2.24) is 9.97 Å². The van der Waals surface area contributed by atoms with E-state index in [1.807, 2.05) is 30.2 Å². The molecule has 3 nitrogen and oxygen atoms in total. The Hall–Kier alpha value is -2.03. The summed E-state index contributed by atoms with van der Waals surface area (Å²) < 4.78 is 2.02. The van der Waals surface area contributed by atoms with Gasteiger partial charge in [-0.15, -0.1) is 0 Å². The lowest BCUT2D eigenvalue weighted by Gasteiger charge is -2.01. The molecule has 0 aliphatic heterocycles. The molecule has 1 aromatic carbocycles. The lowest BCUT2D eigenvalue weighted by molar-refractivity contribution is -0.679. The normalized spacial score (nSPS) is 11.1. The zero-order valence-corrected chi connectivity index (χ0v) is 9.31. The minimum absolute atomic E-state index is 0.976. The van der Waals surface area contributed by atoms with Crippen LogP contribution in [0.2, 0.25) is 0 Å². The van der Waals surface area contributed by atoms with E-state index in [-0.39, 0.29) is 0 Å². The summed E-state index contributed by atoms with van der Waals surface area (Å²) in [5.41, 5.74) is 3.16. The molecule has 0 spiro atoms. The Morgan fingerprint density at radius 3 is 2.81 bits per heavy atom. The summed E-state index contributed by atoms with van der Waals surface area (Å²) in [6.45, 7) is 2.10. The Morgan fingerprint density at radius 1 is 1.06 bits per heavy atom. The van der Waals surface area contributed by atoms with E-state index in [4.69, 9.17) is 0 Å². The van der Waals surface area contributed by atoms with Crippen molar-refractivity contribution in [3.05, 3.63) is 42.5 Å². The molecule has 0 saturated heterocycles. The van der Waals surface area contributed by atoms with Crippen LogP contribution >= 0.6 is 0 Å². The first kappa shape index (κ1) is 9.21. The highest BCUT2D eigenvalue weighted by Crippen LogP contribution is 2.21. The standard InChI is InChI=1S/C13H12N3/c1-9-11-6-5-10-4-3-7-14-12(10)13(11)15-8-16(9)2/h3-8H,1-2H3/q+1. The zero-order chi connectivity index (χ0) is 11.1. The maximum absolute atomic E-state index is 4.47. The highest BCUT2D eigenvalue weighted by atomic mass is 15.0. The first-order valence-corrected chi connectivity index (χ1v) is 5.26. The SMILES string of the molecule is Cc1c2ccc3cccnc3c2nc[n+]1C. The summed E-state index contributed by atoms with van der Waals surface area (Å²) in [5, 5.41) is 2.30. The second-order valence-corrected chi connectivity index (χ2v) is 3.98. The van der Waals surface area contributed by atoms with Gasteiger partial charge in [0.25, 0.3) is 6.33 Å². The molecule has 0 unspecified atom stereocenters. The van der Waals surface area contributed by atoms with Gasteiger partial charge in [-0.1, -0.05) is 12.1 Å². The monoisotopic (exact) mass is 210 g/mol. The molecule has 78 valence electrons. The third-order valence-electron chi connectivity index (χ3n) is 3.03. The molecule has 3 rings (SSSR count). The molecule has 0 atom stereocenters. The molecule has 0 N–H and O–H groups in total. The highest BCUT2D eigenvalue weighted by molar-refractivity contribution is 6.02. The fourth-order valence-corrected chi connectivity index (χ4v) is 1.97. The number of benzene rings is 1. The molecule has 16 heavy (non-hydrogen) atoms. The number of rotatable bonds is 0. The summed E-state index contributed by atoms with van der Waals surface area (Å²) in [5.74, 6) is 0. The minimum Gasteiger partial charge on any atom is -0.252 e. The molecule has 0 saturated carbocycles. The van der Waals surface area contributed by atoms with Crippen molar-refractivity contribution >= 4 is 21.8 Å². The first-order chi connectivity index (χ1) is 7.77. The van der Waals surface area contributed by atoms with Crippen molar-refractivity contribution in [2.45, 2.75) is 6.92 Å². The van der Waals surface area contributed by atoms with Crippen LogP contribution < -0.4 is 4.57 Å². The quantitative estimate of drug-likeness (QED) is 0.419. The Morgan fingerprint density at radius 2 is 1.94 bits per heavy atom. The second-order valence-electron chi connectivity index (χ2n) is 3.98. The molecular weight excluding hydrogens is 198 g/mol. The summed E-state index contributed by atoms with van der Waals surface area (Å²) in [7, 11) is 2.00. The van der Waals surface area contributed by atoms with E-state index in [2.05, 4.69) is 35.1 Å². The van der Waals surface area contributed by atoms with Crippen molar-refractivity contribution in [3.8, 4) is 0 Å². The van der Waals surface area contributed by atoms with Gasteiger partial charge in [-0.3, -0.25) is 4.98 Å². The lowest BCUT2D eigenvalue weighted by Crippen LogP contribution is -2.32. The molecule has 3 heteroatoms. The van der Waals surface area contributed by atoms with Crippen molar-refractivity contribution in [2.75, 3.05) is 0 Å². The number of nitrogens with zero attached hydrogens (tertiary/aromatic N) is 3. The van der Waals surface area contributed by atoms with E-state index < -0.39 is 0 Å². The van der Waals surface area contributed by atoms with Crippen LogP contribution in [0.5, 0.6) is 0 Å². The molecule has 0 aliphatic rings. The van der Waals surface area contributed by atoms with Gasteiger partial charge in [-0.25, -0.2) is 4.57 Å². The molecule has 3 aromatic rings. The second kappa shape index (κ2) is 3.23. The molecule has 2 aromatic heterocycles. The maximum atomic E-state index is 4.47.